The molecule has 0 unspecified atom stereocenters. The van der Waals surface area contributed by atoms with E-state index >= 15 is 0 Å². The van der Waals surface area contributed by atoms with Crippen LogP contribution in [0.2, 0.25) is 0 Å². The van der Waals surface area contributed by atoms with Gasteiger partial charge in [-0.25, -0.2) is 4.79 Å². The van der Waals surface area contributed by atoms with Crippen LogP contribution >= 0.6 is 0 Å². The second kappa shape index (κ2) is 9.52. The highest BCUT2D eigenvalue weighted by Crippen LogP contribution is 2.21. The zero-order chi connectivity index (χ0) is 19.8. The fraction of sp³-hybridized carbons (Fsp3) is 0.286. The predicted octanol–water partition coefficient (Wildman–Crippen LogP) is 2.95. The van der Waals surface area contributed by atoms with Crippen molar-refractivity contribution >= 4 is 23.5 Å². The second-order valence-electron chi connectivity index (χ2n) is 6.03. The molecule has 6 heteroatoms. The molecule has 142 valence electrons. The molecule has 0 fully saturated rings. The molecule has 2 amide bonds. The highest BCUT2D eigenvalue weighted by Gasteiger charge is 2.20. The van der Waals surface area contributed by atoms with Crippen molar-refractivity contribution in [2.45, 2.75) is 20.8 Å². The van der Waals surface area contributed by atoms with E-state index in [-0.39, 0.29) is 31.5 Å². The first-order valence-electron chi connectivity index (χ1n) is 8.83. The second-order valence-corrected chi connectivity index (χ2v) is 6.03. The van der Waals surface area contributed by atoms with Crippen LogP contribution < -0.4 is 10.2 Å². The summed E-state index contributed by atoms with van der Waals surface area (Å²) in [4.78, 5) is 38.0. The first-order chi connectivity index (χ1) is 12.9. The van der Waals surface area contributed by atoms with Gasteiger partial charge in [0.15, 0.2) is 0 Å². The third kappa shape index (κ3) is 5.41. The quantitative estimate of drug-likeness (QED) is 0.763. The maximum atomic E-state index is 12.3. The van der Waals surface area contributed by atoms with Crippen molar-refractivity contribution in [1.82, 2.24) is 5.32 Å². The summed E-state index contributed by atoms with van der Waals surface area (Å²) in [5.74, 6) is -0.916. The summed E-state index contributed by atoms with van der Waals surface area (Å²) in [5, 5.41) is 2.81. The number of ether oxygens (including phenoxy) is 1. The number of para-hydroxylation sites is 1. The number of benzene rings is 2. The lowest BCUT2D eigenvalue weighted by Gasteiger charge is -2.23. The van der Waals surface area contributed by atoms with Crippen molar-refractivity contribution in [3.63, 3.8) is 0 Å². The normalized spacial score (nSPS) is 10.2. The largest absolute Gasteiger partial charge is 0.462 e. The molecule has 0 aromatic heterocycles. The molecule has 6 nitrogen and oxygen atoms in total. The minimum Gasteiger partial charge on any atom is -0.462 e. The standard InChI is InChI=1S/C21H24N2O4/c1-4-27-21(26)18-10-5-6-11-19(18)23(16(3)24)13-12-22-20(25)17-9-7-8-15(2)14-17/h5-11,14H,4,12-13H2,1-3H3,(H,22,25). The van der Waals surface area contributed by atoms with Crippen molar-refractivity contribution in [2.75, 3.05) is 24.6 Å². The van der Waals surface area contributed by atoms with E-state index in [4.69, 9.17) is 4.74 Å². The van der Waals surface area contributed by atoms with Gasteiger partial charge < -0.3 is 15.0 Å². The molecule has 1 N–H and O–H groups in total. The summed E-state index contributed by atoms with van der Waals surface area (Å²) in [7, 11) is 0. The highest BCUT2D eigenvalue weighted by atomic mass is 16.5. The van der Waals surface area contributed by atoms with Crippen LogP contribution in [0.4, 0.5) is 5.69 Å². The van der Waals surface area contributed by atoms with E-state index in [1.165, 1.54) is 11.8 Å². The molecule has 0 aliphatic rings. The molecule has 0 heterocycles. The van der Waals surface area contributed by atoms with Gasteiger partial charge in [-0.2, -0.15) is 0 Å². The Balaban J connectivity index is 2.10. The molecule has 0 saturated heterocycles. The summed E-state index contributed by atoms with van der Waals surface area (Å²) in [6.45, 7) is 5.81. The minimum atomic E-state index is -0.483. The molecule has 0 atom stereocenters. The number of anilines is 1. The number of nitrogens with one attached hydrogen (secondary N) is 1. The topological polar surface area (TPSA) is 75.7 Å². The van der Waals surface area contributed by atoms with Gasteiger partial charge in [0, 0.05) is 25.6 Å². The van der Waals surface area contributed by atoms with E-state index < -0.39 is 5.97 Å². The zero-order valence-electron chi connectivity index (χ0n) is 15.8. The third-order valence-electron chi connectivity index (χ3n) is 3.97. The number of rotatable bonds is 7. The van der Waals surface area contributed by atoms with Gasteiger partial charge in [-0.15, -0.1) is 0 Å². The van der Waals surface area contributed by atoms with Crippen LogP contribution in [0.15, 0.2) is 48.5 Å². The van der Waals surface area contributed by atoms with Crippen molar-refractivity contribution in [2.24, 2.45) is 0 Å². The lowest BCUT2D eigenvalue weighted by atomic mass is 10.1. The molecule has 0 saturated carbocycles. The predicted molar refractivity (Wildman–Crippen MR) is 104 cm³/mol. The zero-order valence-corrected chi connectivity index (χ0v) is 15.8. The fourth-order valence-electron chi connectivity index (χ4n) is 2.71. The summed E-state index contributed by atoms with van der Waals surface area (Å²) in [6, 6.07) is 14.1. The number of esters is 1. The number of nitrogens with zero attached hydrogens (tertiary/aromatic N) is 1. The monoisotopic (exact) mass is 368 g/mol. The molecule has 0 radical (unpaired) electrons. The van der Waals surface area contributed by atoms with Crippen LogP contribution in [-0.2, 0) is 9.53 Å². The molecule has 0 aliphatic carbocycles. The van der Waals surface area contributed by atoms with E-state index in [2.05, 4.69) is 5.32 Å². The molecular weight excluding hydrogens is 344 g/mol. The first kappa shape index (κ1) is 20.2. The first-order valence-corrected chi connectivity index (χ1v) is 8.83. The van der Waals surface area contributed by atoms with Crippen LogP contribution in [0.25, 0.3) is 0 Å². The van der Waals surface area contributed by atoms with Gasteiger partial charge in [0.2, 0.25) is 5.91 Å². The number of hydrogen-bond acceptors (Lipinski definition) is 4. The molecule has 27 heavy (non-hydrogen) atoms. The van der Waals surface area contributed by atoms with Crippen LogP contribution in [0, 0.1) is 6.92 Å². The Morgan fingerprint density at radius 1 is 1.07 bits per heavy atom. The van der Waals surface area contributed by atoms with Crippen LogP contribution in [0.1, 0.15) is 40.1 Å². The lowest BCUT2D eigenvalue weighted by Crippen LogP contribution is -2.38. The van der Waals surface area contributed by atoms with Crippen molar-refractivity contribution < 1.29 is 19.1 Å². The molecule has 2 rings (SSSR count). The van der Waals surface area contributed by atoms with Gasteiger partial charge in [-0.3, -0.25) is 9.59 Å². The summed E-state index contributed by atoms with van der Waals surface area (Å²) in [5.41, 5.74) is 2.35. The Labute approximate surface area is 159 Å². The SMILES string of the molecule is CCOC(=O)c1ccccc1N(CCNC(=O)c1cccc(C)c1)C(C)=O. The molecule has 2 aromatic carbocycles. The van der Waals surface area contributed by atoms with Gasteiger partial charge in [0.05, 0.1) is 17.9 Å². The number of carbonyl (C=O) groups excluding carboxylic acids is 3. The Bertz CT molecular complexity index is 832. The Hall–Kier alpha value is -3.15. The van der Waals surface area contributed by atoms with Crippen molar-refractivity contribution in [3.05, 3.63) is 65.2 Å². The molecule has 0 spiro atoms. The number of carbonyl (C=O) groups is 3. The maximum Gasteiger partial charge on any atom is 0.340 e. The van der Waals surface area contributed by atoms with Gasteiger partial charge in [0.1, 0.15) is 0 Å². The smallest absolute Gasteiger partial charge is 0.340 e. The lowest BCUT2D eigenvalue weighted by molar-refractivity contribution is -0.116. The summed E-state index contributed by atoms with van der Waals surface area (Å²) >= 11 is 0. The van der Waals surface area contributed by atoms with E-state index in [9.17, 15) is 14.4 Å². The van der Waals surface area contributed by atoms with Gasteiger partial charge >= 0.3 is 5.97 Å². The minimum absolute atomic E-state index is 0.208. The maximum absolute atomic E-state index is 12.3. The van der Waals surface area contributed by atoms with Crippen LogP contribution in [0.5, 0.6) is 0 Å². The Kier molecular flexibility index (Phi) is 7.11. The highest BCUT2D eigenvalue weighted by molar-refractivity contribution is 6.02. The average Bonchev–Trinajstić information content (AvgIpc) is 2.65. The Morgan fingerprint density at radius 3 is 2.48 bits per heavy atom. The number of aryl methyl sites for hydroxylation is 1. The molecule has 0 bridgehead atoms. The van der Waals surface area contributed by atoms with E-state index in [0.29, 0.717) is 16.8 Å². The van der Waals surface area contributed by atoms with Gasteiger partial charge in [0.25, 0.3) is 5.91 Å². The number of hydrogen-bond donors (Lipinski definition) is 1. The molecule has 2 aromatic rings. The van der Waals surface area contributed by atoms with Gasteiger partial charge in [-0.1, -0.05) is 29.8 Å². The molecule has 0 aliphatic heterocycles. The van der Waals surface area contributed by atoms with Crippen molar-refractivity contribution in [1.29, 1.82) is 0 Å². The van der Waals surface area contributed by atoms with Crippen molar-refractivity contribution in [3.8, 4) is 0 Å². The van der Waals surface area contributed by atoms with E-state index in [0.717, 1.165) is 5.56 Å². The van der Waals surface area contributed by atoms with E-state index in [1.807, 2.05) is 19.1 Å². The fourth-order valence-corrected chi connectivity index (χ4v) is 2.71. The van der Waals surface area contributed by atoms with Crippen LogP contribution in [0.3, 0.4) is 0 Å². The van der Waals surface area contributed by atoms with E-state index in [1.54, 1.807) is 43.3 Å². The Morgan fingerprint density at radius 2 is 1.81 bits per heavy atom. The summed E-state index contributed by atoms with van der Waals surface area (Å²) < 4.78 is 5.06. The average molecular weight is 368 g/mol. The molecular formula is C21H24N2O4. The third-order valence-corrected chi connectivity index (χ3v) is 3.97. The summed E-state index contributed by atoms with van der Waals surface area (Å²) in [6.07, 6.45) is 0. The van der Waals surface area contributed by atoms with Gasteiger partial charge in [-0.05, 0) is 38.1 Å². The number of amides is 2. The van der Waals surface area contributed by atoms with Crippen LogP contribution in [-0.4, -0.2) is 37.5 Å².